The molecule has 22 heavy (non-hydrogen) atoms. The molecular formula is C17H28N2O3. The van der Waals surface area contributed by atoms with E-state index in [4.69, 9.17) is 0 Å². The maximum absolute atomic E-state index is 12.7. The summed E-state index contributed by atoms with van der Waals surface area (Å²) < 4.78 is 0. The van der Waals surface area contributed by atoms with E-state index in [2.05, 4.69) is 6.92 Å². The normalized spacial score (nSPS) is 36.1. The van der Waals surface area contributed by atoms with E-state index in [1.54, 1.807) is 0 Å². The van der Waals surface area contributed by atoms with Gasteiger partial charge in [0.05, 0.1) is 6.54 Å². The van der Waals surface area contributed by atoms with Gasteiger partial charge in [-0.3, -0.25) is 14.5 Å². The quantitative estimate of drug-likeness (QED) is 0.867. The van der Waals surface area contributed by atoms with Gasteiger partial charge in [-0.1, -0.05) is 12.8 Å². The summed E-state index contributed by atoms with van der Waals surface area (Å²) in [6, 6.07) is 0.144. The number of rotatable bonds is 3. The number of hydrogen-bond donors (Lipinski definition) is 1. The lowest BCUT2D eigenvalue weighted by Crippen LogP contribution is -2.51. The van der Waals surface area contributed by atoms with Gasteiger partial charge < -0.3 is 10.0 Å². The van der Waals surface area contributed by atoms with Gasteiger partial charge >= 0.3 is 5.97 Å². The second-order valence-electron chi connectivity index (χ2n) is 7.31. The van der Waals surface area contributed by atoms with Crippen LogP contribution in [0.15, 0.2) is 0 Å². The zero-order valence-electron chi connectivity index (χ0n) is 13.5. The van der Waals surface area contributed by atoms with Crippen LogP contribution in [-0.4, -0.2) is 58.0 Å². The number of carbonyl (C=O) groups excluding carboxylic acids is 1. The van der Waals surface area contributed by atoms with Crippen molar-refractivity contribution < 1.29 is 14.7 Å². The van der Waals surface area contributed by atoms with Crippen molar-refractivity contribution in [2.24, 2.45) is 5.92 Å². The predicted molar refractivity (Wildman–Crippen MR) is 83.5 cm³/mol. The maximum atomic E-state index is 12.7. The van der Waals surface area contributed by atoms with E-state index < -0.39 is 12.0 Å². The van der Waals surface area contributed by atoms with Gasteiger partial charge in [-0.05, 0) is 51.4 Å². The molecule has 1 amide bonds. The van der Waals surface area contributed by atoms with E-state index in [0.29, 0.717) is 24.5 Å². The zero-order valence-corrected chi connectivity index (χ0v) is 13.5. The molecule has 0 radical (unpaired) electrons. The second kappa shape index (κ2) is 6.57. The predicted octanol–water partition coefficient (Wildman–Crippen LogP) is 2.11. The summed E-state index contributed by atoms with van der Waals surface area (Å²) in [6.45, 7) is 3.24. The highest BCUT2D eigenvalue weighted by atomic mass is 16.4. The highest BCUT2D eigenvalue weighted by Crippen LogP contribution is 2.39. The third-order valence-electron chi connectivity index (χ3n) is 5.95. The highest BCUT2D eigenvalue weighted by molar-refractivity contribution is 5.80. The fourth-order valence-electron chi connectivity index (χ4n) is 4.74. The molecule has 1 N–H and O–H groups in total. The Morgan fingerprint density at radius 1 is 1.09 bits per heavy atom. The van der Waals surface area contributed by atoms with Gasteiger partial charge in [0.25, 0.3) is 0 Å². The molecule has 2 aliphatic heterocycles. The number of likely N-dealkylation sites (tertiary alicyclic amines) is 2. The second-order valence-corrected chi connectivity index (χ2v) is 7.31. The van der Waals surface area contributed by atoms with Crippen LogP contribution in [0.25, 0.3) is 0 Å². The van der Waals surface area contributed by atoms with Crippen LogP contribution in [0.5, 0.6) is 0 Å². The van der Waals surface area contributed by atoms with E-state index in [1.807, 2.05) is 9.80 Å². The number of carboxylic acid groups (broad SMARTS) is 1. The summed E-state index contributed by atoms with van der Waals surface area (Å²) in [7, 11) is 0. The summed E-state index contributed by atoms with van der Waals surface area (Å²) in [4.78, 5) is 28.3. The van der Waals surface area contributed by atoms with Crippen LogP contribution >= 0.6 is 0 Å². The Bertz CT molecular complexity index is 440. The fourth-order valence-corrected chi connectivity index (χ4v) is 4.74. The topological polar surface area (TPSA) is 60.9 Å². The van der Waals surface area contributed by atoms with E-state index >= 15 is 0 Å². The summed E-state index contributed by atoms with van der Waals surface area (Å²) in [5.41, 5.74) is 0. The molecule has 4 unspecified atom stereocenters. The Morgan fingerprint density at radius 3 is 2.55 bits per heavy atom. The number of amides is 1. The minimum Gasteiger partial charge on any atom is -0.480 e. The Labute approximate surface area is 132 Å². The van der Waals surface area contributed by atoms with Gasteiger partial charge in [0.15, 0.2) is 0 Å². The Hall–Kier alpha value is -1.10. The van der Waals surface area contributed by atoms with Crippen LogP contribution in [0, 0.1) is 5.92 Å². The standard InChI is InChI=1S/C17H28N2O3/c1-12-6-4-5-9-18(12)16(20)11-19-14-8-3-2-7-13(14)10-15(19)17(21)22/h12-15H,2-11H2,1H3,(H,21,22). The molecule has 5 heteroatoms. The lowest BCUT2D eigenvalue weighted by Gasteiger charge is -2.37. The summed E-state index contributed by atoms with van der Waals surface area (Å²) in [5, 5.41) is 9.54. The van der Waals surface area contributed by atoms with E-state index in [1.165, 1.54) is 12.8 Å². The van der Waals surface area contributed by atoms with Crippen LogP contribution in [0.1, 0.15) is 58.3 Å². The van der Waals surface area contributed by atoms with Crippen molar-refractivity contribution >= 4 is 11.9 Å². The number of carbonyl (C=O) groups is 2. The summed E-state index contributed by atoms with van der Waals surface area (Å²) >= 11 is 0. The first-order valence-corrected chi connectivity index (χ1v) is 8.86. The number of fused-ring (bicyclic) bond motifs is 1. The Balaban J connectivity index is 1.70. The van der Waals surface area contributed by atoms with Crippen molar-refractivity contribution in [3.63, 3.8) is 0 Å². The zero-order chi connectivity index (χ0) is 15.7. The summed E-state index contributed by atoms with van der Waals surface area (Å²) in [6.07, 6.45) is 8.61. The average Bonchev–Trinajstić information content (AvgIpc) is 2.87. The van der Waals surface area contributed by atoms with Crippen LogP contribution < -0.4 is 0 Å². The molecule has 5 nitrogen and oxygen atoms in total. The number of piperidine rings is 1. The van der Waals surface area contributed by atoms with Gasteiger partial charge in [-0.2, -0.15) is 0 Å². The van der Waals surface area contributed by atoms with E-state index in [-0.39, 0.29) is 5.91 Å². The maximum Gasteiger partial charge on any atom is 0.320 e. The van der Waals surface area contributed by atoms with Crippen molar-refractivity contribution in [2.75, 3.05) is 13.1 Å². The molecule has 0 bridgehead atoms. The number of carboxylic acids is 1. The van der Waals surface area contributed by atoms with Crippen LogP contribution in [0.3, 0.4) is 0 Å². The molecular weight excluding hydrogens is 280 g/mol. The number of nitrogens with zero attached hydrogens (tertiary/aromatic N) is 2. The van der Waals surface area contributed by atoms with Gasteiger partial charge in [-0.25, -0.2) is 0 Å². The Kier molecular flexibility index (Phi) is 4.71. The minimum absolute atomic E-state index is 0.129. The molecule has 124 valence electrons. The van der Waals surface area contributed by atoms with Crippen molar-refractivity contribution in [3.05, 3.63) is 0 Å². The monoisotopic (exact) mass is 308 g/mol. The molecule has 3 fully saturated rings. The van der Waals surface area contributed by atoms with E-state index in [0.717, 1.165) is 45.1 Å². The van der Waals surface area contributed by atoms with Crippen molar-refractivity contribution in [1.82, 2.24) is 9.80 Å². The van der Waals surface area contributed by atoms with E-state index in [9.17, 15) is 14.7 Å². The van der Waals surface area contributed by atoms with Crippen molar-refractivity contribution in [1.29, 1.82) is 0 Å². The molecule has 0 aromatic rings. The van der Waals surface area contributed by atoms with Crippen LogP contribution in [-0.2, 0) is 9.59 Å². The number of hydrogen-bond acceptors (Lipinski definition) is 3. The molecule has 0 aromatic heterocycles. The van der Waals surface area contributed by atoms with Gasteiger partial charge in [0, 0.05) is 18.6 Å². The average molecular weight is 308 g/mol. The number of aliphatic carboxylic acids is 1. The molecule has 1 saturated carbocycles. The molecule has 0 spiro atoms. The van der Waals surface area contributed by atoms with Crippen LogP contribution in [0.2, 0.25) is 0 Å². The molecule has 3 rings (SSSR count). The lowest BCUT2D eigenvalue weighted by atomic mass is 9.85. The first-order chi connectivity index (χ1) is 10.6. The van der Waals surface area contributed by atoms with Crippen LogP contribution in [0.4, 0.5) is 0 Å². The summed E-state index contributed by atoms with van der Waals surface area (Å²) in [5.74, 6) is -0.153. The van der Waals surface area contributed by atoms with Crippen molar-refractivity contribution in [2.45, 2.75) is 76.4 Å². The molecule has 3 aliphatic rings. The third kappa shape index (κ3) is 3.00. The Morgan fingerprint density at radius 2 is 1.82 bits per heavy atom. The smallest absolute Gasteiger partial charge is 0.320 e. The van der Waals surface area contributed by atoms with Gasteiger partial charge in [-0.15, -0.1) is 0 Å². The molecule has 2 saturated heterocycles. The molecule has 2 heterocycles. The first-order valence-electron chi connectivity index (χ1n) is 8.86. The SMILES string of the molecule is CC1CCCCN1C(=O)CN1C(C(=O)O)CC2CCCCC21. The highest BCUT2D eigenvalue weighted by Gasteiger charge is 2.46. The van der Waals surface area contributed by atoms with Gasteiger partial charge in [0.2, 0.25) is 5.91 Å². The fraction of sp³-hybridized carbons (Fsp3) is 0.882. The minimum atomic E-state index is -0.756. The lowest BCUT2D eigenvalue weighted by molar-refractivity contribution is -0.145. The van der Waals surface area contributed by atoms with Crippen molar-refractivity contribution in [3.8, 4) is 0 Å². The van der Waals surface area contributed by atoms with Gasteiger partial charge in [0.1, 0.15) is 6.04 Å². The largest absolute Gasteiger partial charge is 0.480 e. The molecule has 0 aromatic carbocycles. The first kappa shape index (κ1) is 15.8. The third-order valence-corrected chi connectivity index (χ3v) is 5.95. The molecule has 4 atom stereocenters. The molecule has 1 aliphatic carbocycles.